The number of nitrogens with two attached hydrogens (primary N) is 1. The first-order valence-corrected chi connectivity index (χ1v) is 9.26. The normalized spacial score (nSPS) is 9.80. The molecule has 1 heterocycles. The summed E-state index contributed by atoms with van der Waals surface area (Å²) in [6, 6.07) is 2.37. The van der Waals surface area contributed by atoms with Gasteiger partial charge in [-0.15, -0.1) is 0 Å². The molecule has 0 saturated heterocycles. The van der Waals surface area contributed by atoms with Crippen molar-refractivity contribution in [2.45, 2.75) is 14.9 Å². The van der Waals surface area contributed by atoms with Gasteiger partial charge in [-0.05, 0) is 44.0 Å². The summed E-state index contributed by atoms with van der Waals surface area (Å²) in [6.45, 7) is 0. The minimum Gasteiger partial charge on any atom is -0.478 e. The molecule has 0 spiro atoms. The van der Waals surface area contributed by atoms with Gasteiger partial charge in [0.2, 0.25) is 0 Å². The van der Waals surface area contributed by atoms with Gasteiger partial charge in [0.05, 0.1) is 41.1 Å². The number of carboxylic acids is 1. The van der Waals surface area contributed by atoms with Gasteiger partial charge in [-0.2, -0.15) is 0 Å². The summed E-state index contributed by atoms with van der Waals surface area (Å²) >= 11 is 16.9. The van der Waals surface area contributed by atoms with Crippen LogP contribution >= 0.6 is 55.1 Å². The number of hydrogen-bond acceptors (Lipinski definition) is 4. The van der Waals surface area contributed by atoms with Crippen molar-refractivity contribution in [3.05, 3.63) is 69.2 Å². The molecule has 13 heteroatoms. The first kappa shape index (κ1) is 28.1. The Morgan fingerprint density at radius 1 is 1.00 bits per heavy atom. The molecule has 3 aromatic rings. The van der Waals surface area contributed by atoms with Crippen LogP contribution in [0.25, 0.3) is 10.9 Å². The van der Waals surface area contributed by atoms with Crippen molar-refractivity contribution in [2.75, 3.05) is 5.73 Å². The second kappa shape index (κ2) is 10.9. The zero-order chi connectivity index (χ0) is 21.3. The molecule has 0 atom stereocenters. The molecule has 0 radical (unpaired) electrons. The highest BCUT2D eigenvalue weighted by Crippen LogP contribution is 2.32. The van der Waals surface area contributed by atoms with Gasteiger partial charge in [-0.25, -0.2) is 18.4 Å². The minimum absolute atomic E-state index is 0. The number of anilines is 1. The molecular weight excluding hydrogens is 579 g/mol. The Bertz CT molecular complexity index is 1230. The predicted molar refractivity (Wildman–Crippen MR) is 122 cm³/mol. The van der Waals surface area contributed by atoms with Crippen LogP contribution in [0, 0.1) is 11.6 Å². The Hall–Kier alpha value is -1.95. The maximum absolute atomic E-state index is 13.6. The number of hydrogen-bond donors (Lipinski definition) is 4. The van der Waals surface area contributed by atoms with Crippen LogP contribution in [0.15, 0.2) is 30.7 Å². The minimum atomic E-state index is -1.31. The van der Waals surface area contributed by atoms with Gasteiger partial charge < -0.3 is 15.8 Å². The summed E-state index contributed by atoms with van der Waals surface area (Å²) in [7, 11) is 0. The second-order valence-corrected chi connectivity index (χ2v) is 7.47. The van der Waals surface area contributed by atoms with Gasteiger partial charge in [-0.1, -0.05) is 38.1 Å². The monoisotopic (exact) mass is 591 g/mol. The summed E-state index contributed by atoms with van der Waals surface area (Å²) in [5.74, 6) is -2.93. The Morgan fingerprint density at radius 2 is 1.50 bits per heavy atom. The molecule has 0 saturated carbocycles. The highest BCUT2D eigenvalue weighted by atomic mass is 79.9. The van der Waals surface area contributed by atoms with E-state index in [-0.39, 0.29) is 50.3 Å². The fourth-order valence-corrected chi connectivity index (χ4v) is 3.02. The van der Waals surface area contributed by atoms with Gasteiger partial charge in [0, 0.05) is 0 Å². The first-order chi connectivity index (χ1) is 13.0. The molecule has 0 aliphatic carbocycles. The molecular formula is C17H15Br2Cl2F2N3O4. The lowest BCUT2D eigenvalue weighted by molar-refractivity contribution is 0.0697. The molecule has 5 N–H and O–H groups in total. The number of aromatic carboxylic acids is 1. The molecule has 0 fully saturated rings. The number of nitrogen functional groups attached to an aromatic ring is 1. The van der Waals surface area contributed by atoms with E-state index >= 15 is 0 Å². The smallest absolute Gasteiger partial charge is 0.337 e. The number of aromatic amines is 2. The van der Waals surface area contributed by atoms with Crippen LogP contribution in [0.2, 0.25) is 10.0 Å². The summed E-state index contributed by atoms with van der Waals surface area (Å²) < 4.78 is 26.6. The van der Waals surface area contributed by atoms with Crippen LogP contribution in [0.4, 0.5) is 14.5 Å². The third-order valence-electron chi connectivity index (χ3n) is 3.30. The molecule has 30 heavy (non-hydrogen) atoms. The van der Waals surface area contributed by atoms with E-state index in [2.05, 4.69) is 36.8 Å². The molecule has 1 aromatic heterocycles. The van der Waals surface area contributed by atoms with Crippen molar-refractivity contribution < 1.29 is 18.7 Å². The molecule has 0 aliphatic rings. The van der Waals surface area contributed by atoms with Crippen LogP contribution in [-0.2, 0) is 0 Å². The maximum atomic E-state index is 13.6. The third kappa shape index (κ3) is 5.60. The molecule has 2 aromatic carbocycles. The molecule has 0 amide bonds. The SMILES string of the molecule is C.C.Nc1c(C(=O)O)cc(Cl)c(Br)c1F.O=c1[nH]c(=O)c2cc(Cl)c(Br)c(F)c2[nH]1. The fourth-order valence-electron chi connectivity index (χ4n) is 2.00. The predicted octanol–water partition coefficient (Wildman–Crippen LogP) is 5.57. The van der Waals surface area contributed by atoms with Crippen molar-refractivity contribution in [1.82, 2.24) is 9.97 Å². The fraction of sp³-hybridized carbons (Fsp3) is 0.118. The largest absolute Gasteiger partial charge is 0.478 e. The standard InChI is InChI=1S/C8H3BrClFN2O2.C7H4BrClFNO2.2CH4/c9-4-3(10)1-2-6(5(4)11)12-8(15)13-7(2)14;8-4-3(9)1-2(7(12)13)6(11)5(4)10;;/h1H,(H2,12,13,14,15);1H,11H2,(H,12,13);2*1H4. The van der Waals surface area contributed by atoms with E-state index in [4.69, 9.17) is 34.0 Å². The van der Waals surface area contributed by atoms with Crippen LogP contribution in [0.3, 0.4) is 0 Å². The van der Waals surface area contributed by atoms with Gasteiger partial charge >= 0.3 is 11.7 Å². The lowest BCUT2D eigenvalue weighted by atomic mass is 10.2. The average Bonchev–Trinajstić information content (AvgIpc) is 2.62. The van der Waals surface area contributed by atoms with Crippen molar-refractivity contribution in [3.63, 3.8) is 0 Å². The van der Waals surface area contributed by atoms with E-state index in [9.17, 15) is 23.2 Å². The Kier molecular flexibility index (Phi) is 10.2. The van der Waals surface area contributed by atoms with Gasteiger partial charge in [0.1, 0.15) is 0 Å². The van der Waals surface area contributed by atoms with Crippen molar-refractivity contribution in [2.24, 2.45) is 0 Å². The average molecular weight is 594 g/mol. The van der Waals surface area contributed by atoms with Crippen LogP contribution in [-0.4, -0.2) is 21.0 Å². The van der Waals surface area contributed by atoms with E-state index in [0.717, 1.165) is 6.07 Å². The van der Waals surface area contributed by atoms with Crippen molar-refractivity contribution in [1.29, 1.82) is 0 Å². The number of nitrogens with one attached hydrogen (secondary N) is 2. The van der Waals surface area contributed by atoms with Crippen molar-refractivity contribution in [3.8, 4) is 0 Å². The Balaban J connectivity index is 0.000000531. The molecule has 0 unspecified atom stereocenters. The molecule has 0 bridgehead atoms. The molecule has 0 aliphatic heterocycles. The number of halogens is 6. The lowest BCUT2D eigenvalue weighted by Crippen LogP contribution is -2.22. The number of benzene rings is 2. The molecule has 3 rings (SSSR count). The summed E-state index contributed by atoms with van der Waals surface area (Å²) in [6.07, 6.45) is 0. The molecule has 7 nitrogen and oxygen atoms in total. The van der Waals surface area contributed by atoms with E-state index in [1.165, 1.54) is 6.07 Å². The van der Waals surface area contributed by atoms with E-state index < -0.39 is 34.5 Å². The maximum Gasteiger partial charge on any atom is 0.337 e. The Labute approximate surface area is 195 Å². The number of carbonyl (C=O) groups is 1. The number of fused-ring (bicyclic) bond motifs is 1. The highest BCUT2D eigenvalue weighted by molar-refractivity contribution is 9.10. The summed E-state index contributed by atoms with van der Waals surface area (Å²) in [5, 5.41) is 8.63. The van der Waals surface area contributed by atoms with Gasteiger partial charge in [0.15, 0.2) is 11.6 Å². The van der Waals surface area contributed by atoms with Gasteiger partial charge in [0.25, 0.3) is 5.56 Å². The van der Waals surface area contributed by atoms with Crippen LogP contribution in [0.5, 0.6) is 0 Å². The summed E-state index contributed by atoms with van der Waals surface area (Å²) in [4.78, 5) is 36.9. The van der Waals surface area contributed by atoms with E-state index in [1.54, 1.807) is 0 Å². The lowest BCUT2D eigenvalue weighted by Gasteiger charge is -2.05. The summed E-state index contributed by atoms with van der Waals surface area (Å²) in [5.41, 5.74) is 2.83. The Morgan fingerprint density at radius 3 is 2.03 bits per heavy atom. The number of rotatable bonds is 1. The number of carboxylic acid groups (broad SMARTS) is 1. The zero-order valence-electron chi connectivity index (χ0n) is 13.2. The van der Waals surface area contributed by atoms with Gasteiger partial charge in [-0.3, -0.25) is 9.78 Å². The highest BCUT2D eigenvalue weighted by Gasteiger charge is 2.17. The van der Waals surface area contributed by atoms with Crippen molar-refractivity contribution >= 4 is 77.6 Å². The van der Waals surface area contributed by atoms with Crippen LogP contribution in [0.1, 0.15) is 25.2 Å². The third-order valence-corrected chi connectivity index (χ3v) is 5.91. The first-order valence-electron chi connectivity index (χ1n) is 6.91. The quantitative estimate of drug-likeness (QED) is 0.217. The van der Waals surface area contributed by atoms with Crippen LogP contribution < -0.4 is 17.0 Å². The molecule has 164 valence electrons. The zero-order valence-corrected chi connectivity index (χ0v) is 17.9. The number of H-pyrrole nitrogens is 2. The van der Waals surface area contributed by atoms with E-state index in [0.29, 0.717) is 0 Å². The topological polar surface area (TPSA) is 129 Å². The van der Waals surface area contributed by atoms with E-state index in [1.807, 2.05) is 4.98 Å². The second-order valence-electron chi connectivity index (χ2n) is 5.07. The number of aromatic nitrogens is 2.